The van der Waals surface area contributed by atoms with Crippen LogP contribution in [0.25, 0.3) is 22.5 Å². The molecule has 158 valence electrons. The van der Waals surface area contributed by atoms with Crippen LogP contribution < -0.4 is 10.1 Å². The summed E-state index contributed by atoms with van der Waals surface area (Å²) in [6, 6.07) is 21.1. The molecule has 7 heteroatoms. The van der Waals surface area contributed by atoms with E-state index in [9.17, 15) is 4.79 Å². The van der Waals surface area contributed by atoms with Gasteiger partial charge >= 0.3 is 0 Å². The summed E-state index contributed by atoms with van der Waals surface area (Å²) in [5.41, 5.74) is 4.30. The van der Waals surface area contributed by atoms with Crippen molar-refractivity contribution >= 4 is 17.7 Å². The minimum atomic E-state index is -0.0770. The number of amides is 1. The fraction of sp³-hybridized carbons (Fsp3) is 0.167. The molecule has 2 aromatic heterocycles. The Morgan fingerprint density at radius 2 is 1.97 bits per heavy atom. The summed E-state index contributed by atoms with van der Waals surface area (Å²) in [6.45, 7) is 0.608. The molecule has 2 N–H and O–H groups in total. The molecule has 0 fully saturated rings. The van der Waals surface area contributed by atoms with Crippen molar-refractivity contribution in [2.45, 2.75) is 5.75 Å². The first-order chi connectivity index (χ1) is 15.2. The predicted molar refractivity (Wildman–Crippen MR) is 123 cm³/mol. The number of methoxy groups -OCH3 is 1. The fourth-order valence-electron chi connectivity index (χ4n) is 3.11. The van der Waals surface area contributed by atoms with E-state index >= 15 is 0 Å². The van der Waals surface area contributed by atoms with Gasteiger partial charge in [0.05, 0.1) is 30.5 Å². The molecule has 4 rings (SSSR count). The van der Waals surface area contributed by atoms with E-state index in [0.717, 1.165) is 45.5 Å². The van der Waals surface area contributed by atoms with Crippen molar-refractivity contribution < 1.29 is 13.9 Å². The van der Waals surface area contributed by atoms with Crippen LogP contribution in [0.5, 0.6) is 5.75 Å². The van der Waals surface area contributed by atoms with Crippen LogP contribution in [0.1, 0.15) is 16.1 Å². The molecule has 0 aliphatic carbocycles. The first-order valence-electron chi connectivity index (χ1n) is 9.91. The highest BCUT2D eigenvalue weighted by Crippen LogP contribution is 2.26. The Bertz CT molecular complexity index is 1120. The van der Waals surface area contributed by atoms with E-state index in [1.807, 2.05) is 66.7 Å². The van der Waals surface area contributed by atoms with Crippen LogP contribution in [0.15, 0.2) is 77.4 Å². The number of hydrogen-bond acceptors (Lipinski definition) is 5. The fourth-order valence-corrected chi connectivity index (χ4v) is 3.86. The van der Waals surface area contributed by atoms with Gasteiger partial charge in [-0.3, -0.25) is 9.89 Å². The third kappa shape index (κ3) is 5.38. The van der Waals surface area contributed by atoms with Gasteiger partial charge in [0.15, 0.2) is 0 Å². The Labute approximate surface area is 185 Å². The molecule has 0 bridgehead atoms. The molecule has 0 saturated carbocycles. The molecule has 31 heavy (non-hydrogen) atoms. The molecule has 2 heterocycles. The van der Waals surface area contributed by atoms with Crippen LogP contribution >= 0.6 is 11.8 Å². The summed E-state index contributed by atoms with van der Waals surface area (Å²) >= 11 is 1.72. The number of aromatic amines is 1. The van der Waals surface area contributed by atoms with E-state index in [1.165, 1.54) is 0 Å². The zero-order valence-corrected chi connectivity index (χ0v) is 17.9. The number of hydrogen-bond donors (Lipinski definition) is 2. The van der Waals surface area contributed by atoms with E-state index < -0.39 is 0 Å². The Morgan fingerprint density at radius 3 is 2.74 bits per heavy atom. The number of nitrogens with zero attached hydrogens (tertiary/aromatic N) is 1. The molecular weight excluding hydrogens is 410 g/mol. The molecule has 0 saturated heterocycles. The summed E-state index contributed by atoms with van der Waals surface area (Å²) in [4.78, 5) is 12.4. The van der Waals surface area contributed by atoms with Gasteiger partial charge in [-0.2, -0.15) is 16.9 Å². The van der Waals surface area contributed by atoms with Gasteiger partial charge in [0.25, 0.3) is 5.91 Å². The first kappa shape index (κ1) is 20.8. The summed E-state index contributed by atoms with van der Waals surface area (Å²) in [5.74, 6) is 3.29. The van der Waals surface area contributed by atoms with Crippen molar-refractivity contribution in [1.82, 2.24) is 15.5 Å². The monoisotopic (exact) mass is 433 g/mol. The normalized spacial score (nSPS) is 10.7. The van der Waals surface area contributed by atoms with Gasteiger partial charge in [-0.25, -0.2) is 0 Å². The van der Waals surface area contributed by atoms with Crippen LogP contribution in [0.4, 0.5) is 0 Å². The van der Waals surface area contributed by atoms with Gasteiger partial charge in [-0.05, 0) is 48.0 Å². The molecule has 2 aromatic carbocycles. The number of benzene rings is 2. The summed E-state index contributed by atoms with van der Waals surface area (Å²) < 4.78 is 10.6. The van der Waals surface area contributed by atoms with Gasteiger partial charge in [0.2, 0.25) is 0 Å². The summed E-state index contributed by atoms with van der Waals surface area (Å²) in [7, 11) is 1.65. The van der Waals surface area contributed by atoms with Crippen LogP contribution in [-0.4, -0.2) is 35.5 Å². The molecule has 0 aliphatic heterocycles. The Hall–Kier alpha value is -3.45. The van der Waals surface area contributed by atoms with E-state index in [4.69, 9.17) is 9.15 Å². The highest BCUT2D eigenvalue weighted by molar-refractivity contribution is 7.98. The van der Waals surface area contributed by atoms with Crippen molar-refractivity contribution in [1.29, 1.82) is 0 Å². The molecule has 4 aromatic rings. The van der Waals surface area contributed by atoms with Gasteiger partial charge < -0.3 is 14.5 Å². The molecule has 0 radical (unpaired) electrons. The second kappa shape index (κ2) is 10.0. The minimum absolute atomic E-state index is 0.0770. The van der Waals surface area contributed by atoms with Crippen LogP contribution in [-0.2, 0) is 5.75 Å². The van der Waals surface area contributed by atoms with E-state index in [0.29, 0.717) is 12.1 Å². The average Bonchev–Trinajstić information content (AvgIpc) is 3.51. The van der Waals surface area contributed by atoms with Gasteiger partial charge in [0.1, 0.15) is 11.5 Å². The number of rotatable bonds is 9. The maximum atomic E-state index is 12.4. The van der Waals surface area contributed by atoms with Gasteiger partial charge in [-0.15, -0.1) is 0 Å². The van der Waals surface area contributed by atoms with E-state index in [2.05, 4.69) is 15.5 Å². The second-order valence-electron chi connectivity index (χ2n) is 6.86. The molecule has 0 aliphatic rings. The highest BCUT2D eigenvalue weighted by Gasteiger charge is 2.09. The molecule has 1 amide bonds. The Kier molecular flexibility index (Phi) is 6.74. The summed E-state index contributed by atoms with van der Waals surface area (Å²) in [5, 5.41) is 10.4. The van der Waals surface area contributed by atoms with E-state index in [-0.39, 0.29) is 5.91 Å². The van der Waals surface area contributed by atoms with Crippen molar-refractivity contribution in [2.24, 2.45) is 0 Å². The molecule has 0 unspecified atom stereocenters. The minimum Gasteiger partial charge on any atom is -0.497 e. The van der Waals surface area contributed by atoms with Crippen molar-refractivity contribution in [3.05, 3.63) is 84.3 Å². The Morgan fingerprint density at radius 1 is 1.10 bits per heavy atom. The van der Waals surface area contributed by atoms with Crippen molar-refractivity contribution in [2.75, 3.05) is 19.4 Å². The molecule has 6 nitrogen and oxygen atoms in total. The largest absolute Gasteiger partial charge is 0.497 e. The van der Waals surface area contributed by atoms with Gasteiger partial charge in [-0.1, -0.05) is 24.3 Å². The van der Waals surface area contributed by atoms with Gasteiger partial charge in [0, 0.05) is 23.4 Å². The average molecular weight is 434 g/mol. The topological polar surface area (TPSA) is 80.1 Å². The van der Waals surface area contributed by atoms with Crippen LogP contribution in [0.3, 0.4) is 0 Å². The third-order valence-corrected chi connectivity index (χ3v) is 5.74. The lowest BCUT2D eigenvalue weighted by Gasteiger charge is -2.05. The smallest absolute Gasteiger partial charge is 0.251 e. The van der Waals surface area contributed by atoms with Crippen molar-refractivity contribution in [3.8, 4) is 28.3 Å². The number of aromatic nitrogens is 2. The lowest BCUT2D eigenvalue weighted by atomic mass is 10.1. The molecular formula is C24H23N3O3S. The second-order valence-corrected chi connectivity index (χ2v) is 7.97. The standard InChI is InChI=1S/C24H23N3O3S/c1-29-20-5-2-4-19(14-20)23-15-22(26-27-23)17-7-9-18(10-8-17)24(28)25-11-13-31-16-21-6-3-12-30-21/h2-10,12,14-15H,11,13,16H2,1H3,(H,25,28)(H,26,27). The van der Waals surface area contributed by atoms with Crippen molar-refractivity contribution in [3.63, 3.8) is 0 Å². The highest BCUT2D eigenvalue weighted by atomic mass is 32.2. The number of thioether (sulfide) groups is 1. The lowest BCUT2D eigenvalue weighted by Crippen LogP contribution is -2.25. The van der Waals surface area contributed by atoms with Crippen LogP contribution in [0, 0.1) is 0 Å². The number of carbonyl (C=O) groups excluding carboxylic acids is 1. The third-order valence-electron chi connectivity index (χ3n) is 4.76. The lowest BCUT2D eigenvalue weighted by molar-refractivity contribution is 0.0956. The van der Waals surface area contributed by atoms with Crippen LogP contribution in [0.2, 0.25) is 0 Å². The number of H-pyrrole nitrogens is 1. The number of ether oxygens (including phenoxy) is 1. The SMILES string of the molecule is COc1cccc(-c2cc(-c3ccc(C(=O)NCCSCc4ccco4)cc3)[nH]n2)c1. The maximum Gasteiger partial charge on any atom is 0.251 e. The quantitative estimate of drug-likeness (QED) is 0.363. The molecule has 0 spiro atoms. The Balaban J connectivity index is 1.31. The zero-order valence-electron chi connectivity index (χ0n) is 17.1. The number of nitrogens with one attached hydrogen (secondary N) is 2. The number of carbonyl (C=O) groups is 1. The van der Waals surface area contributed by atoms with E-state index in [1.54, 1.807) is 25.1 Å². The first-order valence-corrected chi connectivity index (χ1v) is 11.1. The summed E-state index contributed by atoms with van der Waals surface area (Å²) in [6.07, 6.45) is 1.67. The predicted octanol–water partition coefficient (Wildman–Crippen LogP) is 5.01. The maximum absolute atomic E-state index is 12.4. The molecule has 0 atom stereocenters. The zero-order chi connectivity index (χ0) is 21.5. The number of furan rings is 1.